The summed E-state index contributed by atoms with van der Waals surface area (Å²) in [6.45, 7) is 4.98. The highest BCUT2D eigenvalue weighted by Gasteiger charge is 2.10. The summed E-state index contributed by atoms with van der Waals surface area (Å²) in [6, 6.07) is 4.29. The molecular weight excluding hydrogens is 212 g/mol. The fourth-order valence-corrected chi connectivity index (χ4v) is 1.06. The quantitative estimate of drug-likeness (QED) is 0.848. The van der Waals surface area contributed by atoms with Gasteiger partial charge in [-0.3, -0.25) is 4.79 Å². The maximum atomic E-state index is 13.2. The minimum absolute atomic E-state index is 0.0518. The van der Waals surface area contributed by atoms with Crippen molar-refractivity contribution in [2.24, 2.45) is 0 Å². The van der Waals surface area contributed by atoms with Gasteiger partial charge in [-0.25, -0.2) is 8.78 Å². The van der Waals surface area contributed by atoms with Crippen LogP contribution in [0.5, 0.6) is 0 Å². The maximum Gasteiger partial charge on any atom is 0.254 e. The summed E-state index contributed by atoms with van der Waals surface area (Å²) < 4.78 is 24.9. The van der Waals surface area contributed by atoms with Crippen LogP contribution < -0.4 is 5.32 Å². The first-order valence-electron chi connectivity index (χ1n) is 5.25. The summed E-state index contributed by atoms with van der Waals surface area (Å²) in [7, 11) is 0. The van der Waals surface area contributed by atoms with Gasteiger partial charge in [0.1, 0.15) is 12.5 Å². The van der Waals surface area contributed by atoms with E-state index >= 15 is 0 Å². The van der Waals surface area contributed by atoms with Crippen LogP contribution in [0.15, 0.2) is 18.2 Å². The summed E-state index contributed by atoms with van der Waals surface area (Å²) in [5.41, 5.74) is 0.689. The van der Waals surface area contributed by atoms with Gasteiger partial charge in [-0.15, -0.1) is 0 Å². The number of aryl methyl sites for hydroxylation is 1. The Bertz CT molecular complexity index is 340. The van der Waals surface area contributed by atoms with Crippen molar-refractivity contribution in [3.8, 4) is 0 Å². The third-order valence-corrected chi connectivity index (χ3v) is 1.75. The topological polar surface area (TPSA) is 29.1 Å². The second kappa shape index (κ2) is 7.79. The van der Waals surface area contributed by atoms with Gasteiger partial charge >= 0.3 is 0 Å². The fraction of sp³-hybridized carbons (Fsp3) is 0.417. The van der Waals surface area contributed by atoms with Gasteiger partial charge in [0.25, 0.3) is 5.91 Å². The lowest BCUT2D eigenvalue weighted by Crippen LogP contribution is -2.26. The molecule has 0 saturated carbocycles. The number of hydrogen-bond acceptors (Lipinski definition) is 1. The Labute approximate surface area is 94.7 Å². The van der Waals surface area contributed by atoms with Gasteiger partial charge < -0.3 is 5.32 Å². The largest absolute Gasteiger partial charge is 0.349 e. The van der Waals surface area contributed by atoms with Crippen LogP contribution in [0, 0.1) is 12.7 Å². The zero-order chi connectivity index (χ0) is 12.6. The minimum atomic E-state index is -0.654. The summed E-state index contributed by atoms with van der Waals surface area (Å²) in [6.07, 6.45) is 0. The van der Waals surface area contributed by atoms with Crippen LogP contribution in [0.1, 0.15) is 29.8 Å². The summed E-state index contributed by atoms with van der Waals surface area (Å²) >= 11 is 0. The van der Waals surface area contributed by atoms with Crippen LogP contribution in [-0.2, 0) is 0 Å². The Hall–Kier alpha value is -1.45. The van der Waals surface area contributed by atoms with E-state index in [1.807, 2.05) is 13.8 Å². The smallest absolute Gasteiger partial charge is 0.254 e. The fourth-order valence-electron chi connectivity index (χ4n) is 1.06. The summed E-state index contributed by atoms with van der Waals surface area (Å²) in [5, 5.41) is 2.25. The van der Waals surface area contributed by atoms with Crippen LogP contribution in [-0.4, -0.2) is 19.1 Å². The highest BCUT2D eigenvalue weighted by molar-refractivity contribution is 5.94. The van der Waals surface area contributed by atoms with Crippen molar-refractivity contribution in [1.29, 1.82) is 0 Å². The standard InChI is InChI=1S/C10H11F2NO.C2H6/c1-7-2-3-8(9(12)6-7)10(14)13-5-4-11;1-2/h2-3,6H,4-5H2,1H3,(H,13,14);1-2H3. The van der Waals surface area contributed by atoms with Gasteiger partial charge in [0.2, 0.25) is 0 Å². The van der Waals surface area contributed by atoms with Crippen molar-refractivity contribution in [2.45, 2.75) is 20.8 Å². The van der Waals surface area contributed by atoms with E-state index in [9.17, 15) is 13.6 Å². The molecule has 0 fully saturated rings. The maximum absolute atomic E-state index is 13.2. The van der Waals surface area contributed by atoms with E-state index in [0.717, 1.165) is 5.56 Å². The number of benzene rings is 1. The zero-order valence-corrected chi connectivity index (χ0v) is 9.81. The average Bonchev–Trinajstić information content (AvgIpc) is 2.28. The lowest BCUT2D eigenvalue weighted by Gasteiger charge is -2.04. The number of hydrogen-bond donors (Lipinski definition) is 1. The molecule has 0 saturated heterocycles. The van der Waals surface area contributed by atoms with Crippen LogP contribution in [0.4, 0.5) is 8.78 Å². The van der Waals surface area contributed by atoms with E-state index in [4.69, 9.17) is 0 Å². The third kappa shape index (κ3) is 4.38. The number of nitrogens with one attached hydrogen (secondary N) is 1. The molecule has 16 heavy (non-hydrogen) atoms. The van der Waals surface area contributed by atoms with Crippen molar-refractivity contribution in [3.05, 3.63) is 35.1 Å². The Morgan fingerprint density at radius 3 is 2.50 bits per heavy atom. The zero-order valence-electron chi connectivity index (χ0n) is 9.81. The van der Waals surface area contributed by atoms with Crippen LogP contribution in [0.3, 0.4) is 0 Å². The number of carbonyl (C=O) groups is 1. The molecule has 0 bridgehead atoms. The first-order valence-corrected chi connectivity index (χ1v) is 5.25. The van der Waals surface area contributed by atoms with Crippen molar-refractivity contribution in [2.75, 3.05) is 13.2 Å². The molecule has 0 aliphatic heterocycles. The highest BCUT2D eigenvalue weighted by Crippen LogP contribution is 2.09. The first kappa shape index (κ1) is 14.6. The molecule has 1 aromatic carbocycles. The predicted molar refractivity (Wildman–Crippen MR) is 60.8 cm³/mol. The van der Waals surface area contributed by atoms with Gasteiger partial charge in [-0.2, -0.15) is 0 Å². The Balaban J connectivity index is 0.00000106. The Kier molecular flexibility index (Phi) is 7.09. The normalized spacial score (nSPS) is 9.06. The van der Waals surface area contributed by atoms with Gasteiger partial charge in [0, 0.05) is 6.54 Å². The number of alkyl halides is 1. The molecule has 0 atom stereocenters. The Morgan fingerprint density at radius 1 is 1.38 bits per heavy atom. The van der Waals surface area contributed by atoms with Gasteiger partial charge in [0.05, 0.1) is 5.56 Å². The molecule has 4 heteroatoms. The van der Waals surface area contributed by atoms with Crippen molar-refractivity contribution in [1.82, 2.24) is 5.32 Å². The Morgan fingerprint density at radius 2 is 2.00 bits per heavy atom. The van der Waals surface area contributed by atoms with E-state index in [1.54, 1.807) is 13.0 Å². The second-order valence-electron chi connectivity index (χ2n) is 2.93. The number of amides is 1. The molecule has 0 aliphatic carbocycles. The third-order valence-electron chi connectivity index (χ3n) is 1.75. The molecular formula is C12H17F2NO. The molecule has 1 amide bonds. The molecule has 0 spiro atoms. The average molecular weight is 229 g/mol. The van der Waals surface area contributed by atoms with E-state index in [2.05, 4.69) is 5.32 Å². The molecule has 1 N–H and O–H groups in total. The molecule has 0 unspecified atom stereocenters. The SMILES string of the molecule is CC.Cc1ccc(C(=O)NCCF)c(F)c1. The van der Waals surface area contributed by atoms with Gasteiger partial charge in [-0.1, -0.05) is 19.9 Å². The molecule has 2 nitrogen and oxygen atoms in total. The molecule has 1 aromatic rings. The molecule has 0 radical (unpaired) electrons. The summed E-state index contributed by atoms with van der Waals surface area (Å²) in [5.74, 6) is -1.17. The molecule has 90 valence electrons. The van der Waals surface area contributed by atoms with Gasteiger partial charge in [-0.05, 0) is 24.6 Å². The van der Waals surface area contributed by atoms with E-state index in [1.165, 1.54) is 12.1 Å². The van der Waals surface area contributed by atoms with Crippen molar-refractivity contribution >= 4 is 5.91 Å². The monoisotopic (exact) mass is 229 g/mol. The highest BCUT2D eigenvalue weighted by atomic mass is 19.1. The van der Waals surface area contributed by atoms with Crippen molar-refractivity contribution in [3.63, 3.8) is 0 Å². The number of carbonyl (C=O) groups excluding carboxylic acids is 1. The number of halogens is 2. The van der Waals surface area contributed by atoms with E-state index in [-0.39, 0.29) is 12.1 Å². The molecule has 0 aliphatic rings. The van der Waals surface area contributed by atoms with Crippen LogP contribution in [0.2, 0.25) is 0 Å². The lowest BCUT2D eigenvalue weighted by atomic mass is 10.1. The molecule has 0 aromatic heterocycles. The van der Waals surface area contributed by atoms with E-state index in [0.29, 0.717) is 0 Å². The molecule has 0 heterocycles. The molecule has 1 rings (SSSR count). The number of rotatable bonds is 3. The first-order chi connectivity index (χ1) is 7.65. The van der Waals surface area contributed by atoms with Gasteiger partial charge in [0.15, 0.2) is 0 Å². The van der Waals surface area contributed by atoms with Crippen molar-refractivity contribution < 1.29 is 13.6 Å². The van der Waals surface area contributed by atoms with E-state index < -0.39 is 18.4 Å². The summed E-state index contributed by atoms with van der Waals surface area (Å²) in [4.78, 5) is 11.2. The minimum Gasteiger partial charge on any atom is -0.349 e. The lowest BCUT2D eigenvalue weighted by molar-refractivity contribution is 0.0947. The predicted octanol–water partition coefficient (Wildman–Crippen LogP) is 2.86. The van der Waals surface area contributed by atoms with Crippen LogP contribution >= 0.6 is 0 Å². The second-order valence-corrected chi connectivity index (χ2v) is 2.93. The van der Waals surface area contributed by atoms with Crippen LogP contribution in [0.25, 0.3) is 0 Å².